The Morgan fingerprint density at radius 1 is 1.64 bits per heavy atom. The number of carbonyl (C=O) groups excluding carboxylic acids is 1. The summed E-state index contributed by atoms with van der Waals surface area (Å²) in [4.78, 5) is 11.7. The summed E-state index contributed by atoms with van der Waals surface area (Å²) in [5, 5.41) is 2.88. The summed E-state index contributed by atoms with van der Waals surface area (Å²) in [7, 11) is 0. The molecule has 78 valence electrons. The van der Waals surface area contributed by atoms with Gasteiger partial charge in [0.1, 0.15) is 5.69 Å². The Morgan fingerprint density at radius 2 is 2.29 bits per heavy atom. The Kier molecular flexibility index (Phi) is 3.97. The number of aromatic nitrogens is 1. The standard InChI is InChI=1S/C10H15IN2O/c1-4-13-6-8(11)5-9(13)10(14)12-7(2)3/h5-7H,4H2,1-3H3,(H,12,14). The average molecular weight is 306 g/mol. The highest BCUT2D eigenvalue weighted by Crippen LogP contribution is 2.11. The van der Waals surface area contributed by atoms with Gasteiger partial charge < -0.3 is 9.88 Å². The third-order valence-electron chi connectivity index (χ3n) is 1.86. The Bertz CT molecular complexity index is 331. The largest absolute Gasteiger partial charge is 0.349 e. The summed E-state index contributed by atoms with van der Waals surface area (Å²) < 4.78 is 3.05. The van der Waals surface area contributed by atoms with Gasteiger partial charge in [0.2, 0.25) is 0 Å². The van der Waals surface area contributed by atoms with Crippen LogP contribution in [0.25, 0.3) is 0 Å². The second-order valence-corrected chi connectivity index (χ2v) is 4.70. The molecule has 0 aromatic carbocycles. The van der Waals surface area contributed by atoms with Gasteiger partial charge in [-0.05, 0) is 49.4 Å². The number of rotatable bonds is 3. The first kappa shape index (κ1) is 11.6. The first-order chi connectivity index (χ1) is 6.54. The van der Waals surface area contributed by atoms with E-state index in [4.69, 9.17) is 0 Å². The zero-order valence-electron chi connectivity index (χ0n) is 8.67. The molecule has 1 heterocycles. The highest BCUT2D eigenvalue weighted by Gasteiger charge is 2.12. The van der Waals surface area contributed by atoms with Crippen LogP contribution in [0.5, 0.6) is 0 Å². The van der Waals surface area contributed by atoms with Crippen LogP contribution < -0.4 is 5.32 Å². The second-order valence-electron chi connectivity index (χ2n) is 3.46. The molecule has 1 aromatic rings. The number of hydrogen-bond donors (Lipinski definition) is 1. The third kappa shape index (κ3) is 2.73. The van der Waals surface area contributed by atoms with Gasteiger partial charge in [0.25, 0.3) is 5.91 Å². The van der Waals surface area contributed by atoms with Crippen molar-refractivity contribution in [2.75, 3.05) is 0 Å². The monoisotopic (exact) mass is 306 g/mol. The predicted octanol–water partition coefficient (Wildman–Crippen LogP) is 2.25. The van der Waals surface area contributed by atoms with Crippen molar-refractivity contribution < 1.29 is 4.79 Å². The molecule has 0 saturated heterocycles. The van der Waals surface area contributed by atoms with E-state index in [1.54, 1.807) is 0 Å². The lowest BCUT2D eigenvalue weighted by Gasteiger charge is -2.09. The molecule has 0 aliphatic rings. The summed E-state index contributed by atoms with van der Waals surface area (Å²) in [6, 6.07) is 2.09. The molecule has 0 radical (unpaired) electrons. The molecule has 1 N–H and O–H groups in total. The lowest BCUT2D eigenvalue weighted by Crippen LogP contribution is -2.31. The molecule has 1 rings (SSSR count). The van der Waals surface area contributed by atoms with E-state index in [1.807, 2.05) is 37.6 Å². The van der Waals surface area contributed by atoms with Crippen molar-refractivity contribution in [1.82, 2.24) is 9.88 Å². The van der Waals surface area contributed by atoms with Crippen LogP contribution in [0.1, 0.15) is 31.3 Å². The number of nitrogens with zero attached hydrogens (tertiary/aromatic N) is 1. The first-order valence-electron chi connectivity index (χ1n) is 4.71. The fourth-order valence-electron chi connectivity index (χ4n) is 1.26. The summed E-state index contributed by atoms with van der Waals surface area (Å²) in [6.07, 6.45) is 1.98. The number of hydrogen-bond acceptors (Lipinski definition) is 1. The van der Waals surface area contributed by atoms with Gasteiger partial charge in [-0.15, -0.1) is 0 Å². The van der Waals surface area contributed by atoms with Gasteiger partial charge >= 0.3 is 0 Å². The smallest absolute Gasteiger partial charge is 0.268 e. The Hall–Kier alpha value is -0.520. The zero-order chi connectivity index (χ0) is 10.7. The lowest BCUT2D eigenvalue weighted by atomic mass is 10.3. The van der Waals surface area contributed by atoms with Gasteiger partial charge in [0.05, 0.1) is 0 Å². The number of amides is 1. The fourth-order valence-corrected chi connectivity index (χ4v) is 1.89. The predicted molar refractivity (Wildman–Crippen MR) is 65.4 cm³/mol. The van der Waals surface area contributed by atoms with Gasteiger partial charge in [0.15, 0.2) is 0 Å². The minimum Gasteiger partial charge on any atom is -0.349 e. The van der Waals surface area contributed by atoms with E-state index in [9.17, 15) is 4.79 Å². The molecule has 3 nitrogen and oxygen atoms in total. The van der Waals surface area contributed by atoms with Gasteiger partial charge in [0, 0.05) is 22.4 Å². The molecule has 4 heteroatoms. The van der Waals surface area contributed by atoms with E-state index in [0.29, 0.717) is 0 Å². The van der Waals surface area contributed by atoms with Crippen LogP contribution in [0.15, 0.2) is 12.3 Å². The van der Waals surface area contributed by atoms with Crippen LogP contribution in [-0.4, -0.2) is 16.5 Å². The minimum absolute atomic E-state index is 0.00441. The molecular formula is C10H15IN2O. The second kappa shape index (κ2) is 4.82. The highest BCUT2D eigenvalue weighted by atomic mass is 127. The Labute approximate surface area is 98.0 Å². The number of nitrogens with one attached hydrogen (secondary N) is 1. The van der Waals surface area contributed by atoms with Crippen LogP contribution in [-0.2, 0) is 6.54 Å². The molecule has 0 aliphatic carbocycles. The third-order valence-corrected chi connectivity index (χ3v) is 2.45. The fraction of sp³-hybridized carbons (Fsp3) is 0.500. The van der Waals surface area contributed by atoms with Crippen LogP contribution in [0.3, 0.4) is 0 Å². The molecule has 0 unspecified atom stereocenters. The van der Waals surface area contributed by atoms with Crippen LogP contribution in [0.4, 0.5) is 0 Å². The maximum absolute atomic E-state index is 11.7. The summed E-state index contributed by atoms with van der Waals surface area (Å²) in [5.41, 5.74) is 0.741. The van der Waals surface area contributed by atoms with E-state index in [0.717, 1.165) is 15.8 Å². The van der Waals surface area contributed by atoms with Crippen molar-refractivity contribution >= 4 is 28.5 Å². The van der Waals surface area contributed by atoms with E-state index in [-0.39, 0.29) is 11.9 Å². The quantitative estimate of drug-likeness (QED) is 0.854. The maximum atomic E-state index is 11.7. The first-order valence-corrected chi connectivity index (χ1v) is 5.79. The molecule has 0 atom stereocenters. The van der Waals surface area contributed by atoms with Crippen LogP contribution in [0.2, 0.25) is 0 Å². The van der Waals surface area contributed by atoms with Crippen LogP contribution >= 0.6 is 22.6 Å². The van der Waals surface area contributed by atoms with Crippen molar-refractivity contribution in [3.8, 4) is 0 Å². The summed E-state index contributed by atoms with van der Waals surface area (Å²) in [6.45, 7) is 6.77. The molecular weight excluding hydrogens is 291 g/mol. The molecule has 0 aliphatic heterocycles. The van der Waals surface area contributed by atoms with E-state index < -0.39 is 0 Å². The van der Waals surface area contributed by atoms with Crippen molar-refractivity contribution in [2.45, 2.75) is 33.4 Å². The van der Waals surface area contributed by atoms with Gasteiger partial charge in [-0.1, -0.05) is 0 Å². The van der Waals surface area contributed by atoms with Gasteiger partial charge in [-0.2, -0.15) is 0 Å². The van der Waals surface area contributed by atoms with Gasteiger partial charge in [-0.25, -0.2) is 0 Å². The van der Waals surface area contributed by atoms with Crippen LogP contribution in [0, 0.1) is 3.57 Å². The Balaban J connectivity index is 2.88. The van der Waals surface area contributed by atoms with Crippen molar-refractivity contribution in [3.63, 3.8) is 0 Å². The maximum Gasteiger partial charge on any atom is 0.268 e. The molecule has 14 heavy (non-hydrogen) atoms. The van der Waals surface area contributed by atoms with E-state index in [1.165, 1.54) is 0 Å². The van der Waals surface area contributed by atoms with Crippen molar-refractivity contribution in [3.05, 3.63) is 21.5 Å². The SMILES string of the molecule is CCn1cc(I)cc1C(=O)NC(C)C. The molecule has 0 spiro atoms. The number of aryl methyl sites for hydroxylation is 1. The normalized spacial score (nSPS) is 10.6. The average Bonchev–Trinajstić information content (AvgIpc) is 2.45. The number of halogens is 1. The molecule has 0 saturated carbocycles. The molecule has 1 aromatic heterocycles. The molecule has 0 bridgehead atoms. The summed E-state index contributed by atoms with van der Waals surface area (Å²) in [5.74, 6) is 0.00441. The summed E-state index contributed by atoms with van der Waals surface area (Å²) >= 11 is 2.22. The van der Waals surface area contributed by atoms with Crippen molar-refractivity contribution in [1.29, 1.82) is 0 Å². The Morgan fingerprint density at radius 3 is 2.79 bits per heavy atom. The van der Waals surface area contributed by atoms with E-state index in [2.05, 4.69) is 27.9 Å². The van der Waals surface area contributed by atoms with E-state index >= 15 is 0 Å². The molecule has 0 fully saturated rings. The van der Waals surface area contributed by atoms with Gasteiger partial charge in [-0.3, -0.25) is 4.79 Å². The van der Waals surface area contributed by atoms with Crippen molar-refractivity contribution in [2.24, 2.45) is 0 Å². The highest BCUT2D eigenvalue weighted by molar-refractivity contribution is 14.1. The zero-order valence-corrected chi connectivity index (χ0v) is 10.8. The molecule has 1 amide bonds. The topological polar surface area (TPSA) is 34.0 Å². The minimum atomic E-state index is 0.00441. The lowest BCUT2D eigenvalue weighted by molar-refractivity contribution is 0.0934. The number of carbonyl (C=O) groups is 1.